The fourth-order valence-corrected chi connectivity index (χ4v) is 3.47. The molecule has 2 fully saturated rings. The molecule has 2 saturated heterocycles. The number of amides is 2. The number of aliphatic hydroxyl groups is 1. The quantitative estimate of drug-likeness (QED) is 0.757. The van der Waals surface area contributed by atoms with E-state index in [9.17, 15) is 9.90 Å². The van der Waals surface area contributed by atoms with Crippen LogP contribution in [0.2, 0.25) is 0 Å². The zero-order valence-electron chi connectivity index (χ0n) is 13.6. The standard InChI is InChI=1S/C16H31N3O2/c1-13-5-3-8-18(11-13)9-4-7-17-16(21)19-10-6-15(12-19)14(2)20/h13-15,20H,3-12H2,1-2H3,(H,17,21). The summed E-state index contributed by atoms with van der Waals surface area (Å²) in [6.45, 7) is 9.83. The molecule has 0 aliphatic carbocycles. The van der Waals surface area contributed by atoms with Crippen molar-refractivity contribution in [3.63, 3.8) is 0 Å². The van der Waals surface area contributed by atoms with Gasteiger partial charge in [0.15, 0.2) is 0 Å². The summed E-state index contributed by atoms with van der Waals surface area (Å²) < 4.78 is 0. The summed E-state index contributed by atoms with van der Waals surface area (Å²) in [7, 11) is 0. The molecule has 5 nitrogen and oxygen atoms in total. The minimum atomic E-state index is -0.316. The minimum absolute atomic E-state index is 0.0326. The second kappa shape index (κ2) is 7.99. The molecule has 0 aromatic heterocycles. The predicted octanol–water partition coefficient (Wildman–Crippen LogP) is 1.52. The van der Waals surface area contributed by atoms with E-state index >= 15 is 0 Å². The Morgan fingerprint density at radius 1 is 1.33 bits per heavy atom. The Morgan fingerprint density at radius 3 is 2.81 bits per heavy atom. The molecular formula is C16H31N3O2. The van der Waals surface area contributed by atoms with Gasteiger partial charge in [0.2, 0.25) is 0 Å². The zero-order valence-corrected chi connectivity index (χ0v) is 13.6. The summed E-state index contributed by atoms with van der Waals surface area (Å²) in [6, 6.07) is 0.0326. The lowest BCUT2D eigenvalue weighted by Crippen LogP contribution is -2.41. The van der Waals surface area contributed by atoms with Crippen LogP contribution in [0.5, 0.6) is 0 Å². The first-order chi connectivity index (χ1) is 10.1. The molecule has 2 aliphatic heterocycles. The fraction of sp³-hybridized carbons (Fsp3) is 0.938. The normalized spacial score (nSPS) is 28.6. The van der Waals surface area contributed by atoms with Crippen LogP contribution in [0.15, 0.2) is 0 Å². The maximum atomic E-state index is 12.0. The third-order valence-corrected chi connectivity index (χ3v) is 4.86. The summed E-state index contributed by atoms with van der Waals surface area (Å²) in [5.74, 6) is 1.06. The largest absolute Gasteiger partial charge is 0.393 e. The van der Waals surface area contributed by atoms with Gasteiger partial charge in [-0.05, 0) is 51.6 Å². The Bertz CT molecular complexity index is 335. The van der Waals surface area contributed by atoms with Crippen molar-refractivity contribution in [3.05, 3.63) is 0 Å². The van der Waals surface area contributed by atoms with E-state index in [-0.39, 0.29) is 18.1 Å². The number of piperidine rings is 1. The van der Waals surface area contributed by atoms with Crippen molar-refractivity contribution in [2.75, 3.05) is 39.3 Å². The maximum absolute atomic E-state index is 12.0. The van der Waals surface area contributed by atoms with Crippen LogP contribution in [0, 0.1) is 11.8 Å². The maximum Gasteiger partial charge on any atom is 0.317 e. The highest BCUT2D eigenvalue weighted by molar-refractivity contribution is 5.74. The lowest BCUT2D eigenvalue weighted by Gasteiger charge is -2.30. The molecule has 3 unspecified atom stereocenters. The molecule has 5 heteroatoms. The molecule has 0 saturated carbocycles. The highest BCUT2D eigenvalue weighted by atomic mass is 16.3. The molecule has 2 rings (SSSR count). The number of carbonyl (C=O) groups excluding carboxylic acids is 1. The average Bonchev–Trinajstić information content (AvgIpc) is 2.93. The number of nitrogens with zero attached hydrogens (tertiary/aromatic N) is 2. The van der Waals surface area contributed by atoms with Gasteiger partial charge in [0.25, 0.3) is 0 Å². The second-order valence-electron chi connectivity index (χ2n) is 6.87. The summed E-state index contributed by atoms with van der Waals surface area (Å²) in [5.41, 5.74) is 0. The van der Waals surface area contributed by atoms with Crippen molar-refractivity contribution >= 4 is 6.03 Å². The summed E-state index contributed by atoms with van der Waals surface area (Å²) in [4.78, 5) is 16.4. The van der Waals surface area contributed by atoms with Crippen molar-refractivity contribution in [1.82, 2.24) is 15.1 Å². The predicted molar refractivity (Wildman–Crippen MR) is 84.2 cm³/mol. The van der Waals surface area contributed by atoms with Gasteiger partial charge in [-0.15, -0.1) is 0 Å². The number of carbonyl (C=O) groups is 1. The van der Waals surface area contributed by atoms with E-state index in [1.807, 2.05) is 11.8 Å². The fourth-order valence-electron chi connectivity index (χ4n) is 3.47. The average molecular weight is 297 g/mol. The first-order valence-electron chi connectivity index (χ1n) is 8.49. The Hall–Kier alpha value is -0.810. The minimum Gasteiger partial charge on any atom is -0.393 e. The number of aliphatic hydroxyl groups excluding tert-OH is 1. The van der Waals surface area contributed by atoms with Gasteiger partial charge in [-0.2, -0.15) is 0 Å². The highest BCUT2D eigenvalue weighted by Crippen LogP contribution is 2.19. The van der Waals surface area contributed by atoms with E-state index in [4.69, 9.17) is 0 Å². The molecule has 0 radical (unpaired) electrons. The monoisotopic (exact) mass is 297 g/mol. The second-order valence-corrected chi connectivity index (χ2v) is 6.87. The number of likely N-dealkylation sites (tertiary alicyclic amines) is 2. The molecule has 2 aliphatic rings. The van der Waals surface area contributed by atoms with Gasteiger partial charge in [0.1, 0.15) is 0 Å². The topological polar surface area (TPSA) is 55.8 Å². The first kappa shape index (κ1) is 16.6. The van der Waals surface area contributed by atoms with Gasteiger partial charge in [0.05, 0.1) is 6.10 Å². The molecule has 0 bridgehead atoms. The lowest BCUT2D eigenvalue weighted by molar-refractivity contribution is 0.129. The Labute approximate surface area is 128 Å². The van der Waals surface area contributed by atoms with Gasteiger partial charge in [-0.1, -0.05) is 6.92 Å². The molecule has 0 spiro atoms. The van der Waals surface area contributed by atoms with Crippen molar-refractivity contribution in [3.8, 4) is 0 Å². The van der Waals surface area contributed by atoms with Gasteiger partial charge < -0.3 is 20.2 Å². The number of nitrogens with one attached hydrogen (secondary N) is 1. The molecular weight excluding hydrogens is 266 g/mol. The molecule has 0 aromatic carbocycles. The third-order valence-electron chi connectivity index (χ3n) is 4.86. The van der Waals surface area contributed by atoms with Crippen LogP contribution < -0.4 is 5.32 Å². The van der Waals surface area contributed by atoms with E-state index < -0.39 is 0 Å². The van der Waals surface area contributed by atoms with Crippen LogP contribution in [0.3, 0.4) is 0 Å². The van der Waals surface area contributed by atoms with Crippen molar-refractivity contribution in [1.29, 1.82) is 0 Å². The smallest absolute Gasteiger partial charge is 0.317 e. The molecule has 3 atom stereocenters. The van der Waals surface area contributed by atoms with Gasteiger partial charge in [0, 0.05) is 32.1 Å². The number of urea groups is 1. The van der Waals surface area contributed by atoms with E-state index in [0.717, 1.165) is 38.4 Å². The molecule has 122 valence electrons. The van der Waals surface area contributed by atoms with Crippen LogP contribution in [0.25, 0.3) is 0 Å². The number of hydrogen-bond acceptors (Lipinski definition) is 3. The van der Waals surface area contributed by atoms with Gasteiger partial charge in [-0.3, -0.25) is 0 Å². The Kier molecular flexibility index (Phi) is 6.30. The van der Waals surface area contributed by atoms with Crippen LogP contribution >= 0.6 is 0 Å². The van der Waals surface area contributed by atoms with Crippen molar-refractivity contribution in [2.24, 2.45) is 11.8 Å². The Balaban J connectivity index is 1.57. The number of rotatable bonds is 5. The molecule has 2 amide bonds. The Morgan fingerprint density at radius 2 is 2.14 bits per heavy atom. The van der Waals surface area contributed by atoms with Crippen LogP contribution in [0.4, 0.5) is 4.79 Å². The molecule has 2 N–H and O–H groups in total. The zero-order chi connectivity index (χ0) is 15.2. The van der Waals surface area contributed by atoms with Crippen LogP contribution in [0.1, 0.15) is 39.5 Å². The van der Waals surface area contributed by atoms with Crippen molar-refractivity contribution < 1.29 is 9.90 Å². The SMILES string of the molecule is CC1CCCN(CCCNC(=O)N2CCC(C(C)O)C2)C1. The van der Waals surface area contributed by atoms with Crippen molar-refractivity contribution in [2.45, 2.75) is 45.6 Å². The van der Waals surface area contributed by atoms with Gasteiger partial charge in [-0.25, -0.2) is 4.79 Å². The van der Waals surface area contributed by atoms with E-state index in [1.165, 1.54) is 25.9 Å². The van der Waals surface area contributed by atoms with Crippen LogP contribution in [-0.4, -0.2) is 66.3 Å². The third kappa shape index (κ3) is 5.15. The molecule has 0 aromatic rings. The summed E-state index contributed by atoms with van der Waals surface area (Å²) >= 11 is 0. The highest BCUT2D eigenvalue weighted by Gasteiger charge is 2.28. The van der Waals surface area contributed by atoms with E-state index in [0.29, 0.717) is 6.54 Å². The molecule has 21 heavy (non-hydrogen) atoms. The lowest BCUT2D eigenvalue weighted by atomic mass is 10.0. The van der Waals surface area contributed by atoms with E-state index in [1.54, 1.807) is 0 Å². The van der Waals surface area contributed by atoms with E-state index in [2.05, 4.69) is 17.1 Å². The first-order valence-corrected chi connectivity index (χ1v) is 8.49. The number of hydrogen-bond donors (Lipinski definition) is 2. The summed E-state index contributed by atoms with van der Waals surface area (Å²) in [6.07, 6.45) is 4.28. The van der Waals surface area contributed by atoms with Crippen LogP contribution in [-0.2, 0) is 0 Å². The molecule has 2 heterocycles. The van der Waals surface area contributed by atoms with Gasteiger partial charge >= 0.3 is 6.03 Å². The summed E-state index contributed by atoms with van der Waals surface area (Å²) in [5, 5.41) is 12.6.